The summed E-state index contributed by atoms with van der Waals surface area (Å²) in [6.45, 7) is 1.93. The highest BCUT2D eigenvalue weighted by Crippen LogP contribution is 2.20. The lowest BCUT2D eigenvalue weighted by molar-refractivity contribution is 0.601. The molecule has 0 aliphatic rings. The van der Waals surface area contributed by atoms with Gasteiger partial charge >= 0.3 is 0 Å². The number of hydrogen-bond acceptors (Lipinski definition) is 3. The van der Waals surface area contributed by atoms with E-state index in [1.807, 2.05) is 50.4 Å². The van der Waals surface area contributed by atoms with Gasteiger partial charge in [-0.3, -0.25) is 4.72 Å². The number of aryl methyl sites for hydroxylation is 4. The van der Waals surface area contributed by atoms with Crippen molar-refractivity contribution in [3.8, 4) is 0 Å². The van der Waals surface area contributed by atoms with Crippen LogP contribution in [-0.4, -0.2) is 18.0 Å². The molecular formula is C23H23N3O2S. The van der Waals surface area contributed by atoms with Gasteiger partial charge in [-0.25, -0.2) is 13.4 Å². The fraction of sp³-hybridized carbons (Fsp3) is 0.174. The maximum Gasteiger partial charge on any atom is 0.261 e. The Morgan fingerprint density at radius 3 is 2.45 bits per heavy atom. The van der Waals surface area contributed by atoms with Crippen molar-refractivity contribution in [3.63, 3.8) is 0 Å². The molecule has 29 heavy (non-hydrogen) atoms. The summed E-state index contributed by atoms with van der Waals surface area (Å²) < 4.78 is 30.0. The summed E-state index contributed by atoms with van der Waals surface area (Å²) >= 11 is 0. The van der Waals surface area contributed by atoms with Gasteiger partial charge in [0.25, 0.3) is 10.0 Å². The van der Waals surface area contributed by atoms with E-state index in [0.717, 1.165) is 40.8 Å². The first-order chi connectivity index (χ1) is 13.9. The lowest BCUT2D eigenvalue weighted by Crippen LogP contribution is -2.13. The molecule has 0 aliphatic heterocycles. The molecule has 0 amide bonds. The van der Waals surface area contributed by atoms with Crippen molar-refractivity contribution in [2.75, 3.05) is 4.72 Å². The lowest BCUT2D eigenvalue weighted by atomic mass is 10.1. The Morgan fingerprint density at radius 1 is 0.931 bits per heavy atom. The smallest absolute Gasteiger partial charge is 0.261 e. The van der Waals surface area contributed by atoms with Gasteiger partial charge in [0, 0.05) is 19.2 Å². The zero-order chi connectivity index (χ0) is 20.4. The van der Waals surface area contributed by atoms with Gasteiger partial charge in [-0.2, -0.15) is 0 Å². The van der Waals surface area contributed by atoms with Crippen LogP contribution >= 0.6 is 0 Å². The number of sulfonamides is 1. The average Bonchev–Trinajstić information content (AvgIpc) is 3.03. The molecule has 0 radical (unpaired) electrons. The molecule has 0 saturated heterocycles. The van der Waals surface area contributed by atoms with Gasteiger partial charge in [-0.1, -0.05) is 42.0 Å². The molecule has 0 atom stereocenters. The first-order valence-electron chi connectivity index (χ1n) is 9.51. The number of aromatic nitrogens is 2. The predicted octanol–water partition coefficient (Wildman–Crippen LogP) is 4.47. The number of hydrogen-bond donors (Lipinski definition) is 1. The van der Waals surface area contributed by atoms with Crippen LogP contribution in [0.4, 0.5) is 5.69 Å². The van der Waals surface area contributed by atoms with E-state index >= 15 is 0 Å². The van der Waals surface area contributed by atoms with Crippen molar-refractivity contribution in [3.05, 3.63) is 89.7 Å². The van der Waals surface area contributed by atoms with Crippen LogP contribution in [0.3, 0.4) is 0 Å². The van der Waals surface area contributed by atoms with E-state index in [1.54, 1.807) is 30.3 Å². The summed E-state index contributed by atoms with van der Waals surface area (Å²) in [6, 6.07) is 22.4. The molecule has 5 nitrogen and oxygen atoms in total. The monoisotopic (exact) mass is 405 g/mol. The highest BCUT2D eigenvalue weighted by molar-refractivity contribution is 7.92. The number of para-hydroxylation sites is 2. The van der Waals surface area contributed by atoms with E-state index in [4.69, 9.17) is 4.98 Å². The molecule has 3 aromatic carbocycles. The van der Waals surface area contributed by atoms with Gasteiger partial charge < -0.3 is 4.57 Å². The Balaban J connectivity index is 1.50. The normalized spacial score (nSPS) is 11.7. The first kappa shape index (κ1) is 19.2. The molecule has 0 bridgehead atoms. The average molecular weight is 406 g/mol. The van der Waals surface area contributed by atoms with Gasteiger partial charge in [-0.05, 0) is 55.3 Å². The summed E-state index contributed by atoms with van der Waals surface area (Å²) in [5, 5.41) is 0. The number of imidazole rings is 1. The van der Waals surface area contributed by atoms with Crippen LogP contribution in [0.15, 0.2) is 77.7 Å². The van der Waals surface area contributed by atoms with Crippen molar-refractivity contribution < 1.29 is 8.42 Å². The quantitative estimate of drug-likeness (QED) is 0.515. The highest BCUT2D eigenvalue weighted by Gasteiger charge is 2.14. The third-order valence-electron chi connectivity index (χ3n) is 5.03. The molecule has 4 rings (SSSR count). The second kappa shape index (κ2) is 7.72. The number of nitrogens with one attached hydrogen (secondary N) is 1. The Hall–Kier alpha value is -3.12. The molecule has 0 fully saturated rings. The fourth-order valence-electron chi connectivity index (χ4n) is 3.40. The molecule has 4 aromatic rings. The van der Waals surface area contributed by atoms with Gasteiger partial charge in [-0.15, -0.1) is 0 Å². The molecule has 0 saturated carbocycles. The van der Waals surface area contributed by atoms with Crippen LogP contribution in [-0.2, 0) is 29.9 Å². The number of anilines is 1. The number of benzene rings is 3. The summed E-state index contributed by atoms with van der Waals surface area (Å²) in [4.78, 5) is 4.96. The predicted molar refractivity (Wildman–Crippen MR) is 117 cm³/mol. The van der Waals surface area contributed by atoms with Gasteiger partial charge in [0.05, 0.1) is 15.9 Å². The maximum atomic E-state index is 12.6. The van der Waals surface area contributed by atoms with E-state index in [-0.39, 0.29) is 4.90 Å². The van der Waals surface area contributed by atoms with E-state index < -0.39 is 10.0 Å². The first-order valence-corrected chi connectivity index (χ1v) is 11.0. The Bertz CT molecular complexity index is 1260. The number of fused-ring (bicyclic) bond motifs is 1. The molecule has 0 spiro atoms. The third kappa shape index (κ3) is 4.17. The molecule has 0 unspecified atom stereocenters. The summed E-state index contributed by atoms with van der Waals surface area (Å²) in [6.07, 6.45) is 1.55. The second-order valence-electron chi connectivity index (χ2n) is 7.19. The Kier molecular flexibility index (Phi) is 5.11. The van der Waals surface area contributed by atoms with Gasteiger partial charge in [0.1, 0.15) is 5.82 Å². The van der Waals surface area contributed by atoms with Crippen LogP contribution in [0.2, 0.25) is 0 Å². The minimum Gasteiger partial charge on any atom is -0.331 e. The number of nitrogens with zero attached hydrogens (tertiary/aromatic N) is 2. The zero-order valence-electron chi connectivity index (χ0n) is 16.5. The second-order valence-corrected chi connectivity index (χ2v) is 8.88. The van der Waals surface area contributed by atoms with E-state index in [9.17, 15) is 8.42 Å². The largest absolute Gasteiger partial charge is 0.331 e. The van der Waals surface area contributed by atoms with Crippen LogP contribution in [0.5, 0.6) is 0 Å². The van der Waals surface area contributed by atoms with Crippen molar-refractivity contribution in [2.45, 2.75) is 24.7 Å². The third-order valence-corrected chi connectivity index (χ3v) is 6.42. The fourth-order valence-corrected chi connectivity index (χ4v) is 4.45. The molecular weight excluding hydrogens is 382 g/mol. The highest BCUT2D eigenvalue weighted by atomic mass is 32.2. The van der Waals surface area contributed by atoms with Crippen molar-refractivity contribution in [2.24, 2.45) is 7.05 Å². The zero-order valence-corrected chi connectivity index (χ0v) is 17.3. The standard InChI is InChI=1S/C23H23N3O2S/c1-17-10-13-20(14-11-17)29(27,28)25-19-7-5-6-18(16-19)12-15-23-24-21-8-3-4-9-22(21)26(23)2/h3-11,13-14,16,25H,12,15H2,1-2H3. The van der Waals surface area contributed by atoms with Gasteiger partial charge in [0.15, 0.2) is 0 Å². The van der Waals surface area contributed by atoms with Crippen molar-refractivity contribution >= 4 is 26.7 Å². The Labute approximate surface area is 171 Å². The number of rotatable bonds is 6. The minimum atomic E-state index is -3.60. The molecule has 1 heterocycles. The van der Waals surface area contributed by atoms with Crippen molar-refractivity contribution in [1.82, 2.24) is 9.55 Å². The maximum absolute atomic E-state index is 12.6. The van der Waals surface area contributed by atoms with Crippen LogP contribution in [0.1, 0.15) is 17.0 Å². The molecule has 148 valence electrons. The summed E-state index contributed by atoms with van der Waals surface area (Å²) in [5.41, 5.74) is 4.74. The van der Waals surface area contributed by atoms with Crippen LogP contribution in [0, 0.1) is 6.92 Å². The molecule has 1 N–H and O–H groups in total. The van der Waals surface area contributed by atoms with E-state index in [2.05, 4.69) is 15.4 Å². The van der Waals surface area contributed by atoms with Gasteiger partial charge in [0.2, 0.25) is 0 Å². The minimum absolute atomic E-state index is 0.258. The van der Waals surface area contributed by atoms with E-state index in [0.29, 0.717) is 5.69 Å². The summed E-state index contributed by atoms with van der Waals surface area (Å²) in [5.74, 6) is 1.01. The molecule has 6 heteroatoms. The SMILES string of the molecule is Cc1ccc(S(=O)(=O)Nc2cccc(CCc3nc4ccccc4n3C)c2)cc1. The van der Waals surface area contributed by atoms with Crippen molar-refractivity contribution in [1.29, 1.82) is 0 Å². The van der Waals surface area contributed by atoms with Crippen LogP contribution < -0.4 is 4.72 Å². The lowest BCUT2D eigenvalue weighted by Gasteiger charge is -2.10. The summed E-state index contributed by atoms with van der Waals surface area (Å²) in [7, 11) is -1.58. The Morgan fingerprint density at radius 2 is 1.69 bits per heavy atom. The van der Waals surface area contributed by atoms with E-state index in [1.165, 1.54) is 0 Å². The molecule has 1 aromatic heterocycles. The topological polar surface area (TPSA) is 64.0 Å². The molecule has 0 aliphatic carbocycles. The van der Waals surface area contributed by atoms with Crippen LogP contribution in [0.25, 0.3) is 11.0 Å².